The second kappa shape index (κ2) is 7.24. The van der Waals surface area contributed by atoms with Crippen LogP contribution in [0, 0.1) is 32.6 Å². The van der Waals surface area contributed by atoms with Crippen molar-refractivity contribution in [1.82, 2.24) is 19.7 Å². The molecule has 6 heteroatoms. The average molecular weight is 370 g/mol. The zero-order chi connectivity index (χ0) is 19.1. The lowest BCUT2D eigenvalue weighted by Crippen LogP contribution is -2.42. The Labute approximate surface area is 161 Å². The highest BCUT2D eigenvalue weighted by atomic mass is 16.5. The van der Waals surface area contributed by atoms with E-state index in [1.165, 1.54) is 5.69 Å². The van der Waals surface area contributed by atoms with Crippen molar-refractivity contribution in [3.8, 4) is 5.75 Å². The fourth-order valence-corrected chi connectivity index (χ4v) is 4.75. The minimum absolute atomic E-state index is 0.145. The third-order valence-electron chi connectivity index (χ3n) is 6.10. The molecule has 0 radical (unpaired) electrons. The van der Waals surface area contributed by atoms with Crippen molar-refractivity contribution in [1.29, 1.82) is 0 Å². The van der Waals surface area contributed by atoms with Crippen LogP contribution in [0.1, 0.15) is 35.6 Å². The number of ether oxygens (including phenoxy) is 1. The first-order valence-electron chi connectivity index (χ1n) is 9.90. The molecular formula is C21H30N4O2. The van der Waals surface area contributed by atoms with Crippen LogP contribution in [0.25, 0.3) is 0 Å². The fourth-order valence-electron chi connectivity index (χ4n) is 4.75. The van der Waals surface area contributed by atoms with Gasteiger partial charge in [-0.25, -0.2) is 0 Å². The van der Waals surface area contributed by atoms with E-state index in [0.29, 0.717) is 11.8 Å². The van der Waals surface area contributed by atoms with Gasteiger partial charge in [0, 0.05) is 32.4 Å². The SMILES string of the molecule is Cc1ccc(O[C@@H]2C[C@@H]3CN(Cc4cc(C)nn4C)C[C@@H]3C[C@H]2O)c(C)n1. The van der Waals surface area contributed by atoms with Gasteiger partial charge < -0.3 is 9.84 Å². The minimum atomic E-state index is -0.411. The monoisotopic (exact) mass is 370 g/mol. The van der Waals surface area contributed by atoms with Crippen LogP contribution in [-0.4, -0.2) is 50.1 Å². The van der Waals surface area contributed by atoms with Gasteiger partial charge in [-0.3, -0.25) is 14.6 Å². The van der Waals surface area contributed by atoms with Crippen molar-refractivity contribution in [3.05, 3.63) is 41.0 Å². The molecule has 2 aromatic rings. The molecule has 0 aromatic carbocycles. The van der Waals surface area contributed by atoms with E-state index in [1.54, 1.807) is 0 Å². The molecule has 4 atom stereocenters. The summed E-state index contributed by atoms with van der Waals surface area (Å²) in [4.78, 5) is 6.98. The Morgan fingerprint density at radius 2 is 1.85 bits per heavy atom. The van der Waals surface area contributed by atoms with Crippen LogP contribution in [0.5, 0.6) is 5.75 Å². The van der Waals surface area contributed by atoms with Crippen LogP contribution in [0.2, 0.25) is 0 Å². The van der Waals surface area contributed by atoms with Gasteiger partial charge in [-0.1, -0.05) is 0 Å². The largest absolute Gasteiger partial charge is 0.486 e. The molecule has 27 heavy (non-hydrogen) atoms. The van der Waals surface area contributed by atoms with E-state index in [-0.39, 0.29) is 6.10 Å². The molecular weight excluding hydrogens is 340 g/mol. The summed E-state index contributed by atoms with van der Waals surface area (Å²) in [7, 11) is 2.01. The van der Waals surface area contributed by atoms with Crippen molar-refractivity contribution in [2.45, 2.75) is 52.4 Å². The molecule has 2 aliphatic rings. The molecule has 146 valence electrons. The van der Waals surface area contributed by atoms with Crippen LogP contribution in [-0.2, 0) is 13.6 Å². The molecule has 0 amide bonds. The Morgan fingerprint density at radius 1 is 1.11 bits per heavy atom. The zero-order valence-electron chi connectivity index (χ0n) is 16.7. The first-order valence-corrected chi connectivity index (χ1v) is 9.90. The molecule has 2 aromatic heterocycles. The molecule has 1 aliphatic carbocycles. The lowest BCUT2D eigenvalue weighted by molar-refractivity contribution is -0.0236. The number of nitrogens with zero attached hydrogens (tertiary/aromatic N) is 4. The van der Waals surface area contributed by atoms with Crippen LogP contribution in [0.3, 0.4) is 0 Å². The van der Waals surface area contributed by atoms with Gasteiger partial charge in [0.15, 0.2) is 0 Å². The lowest BCUT2D eigenvalue weighted by Gasteiger charge is -2.35. The topological polar surface area (TPSA) is 63.4 Å². The maximum absolute atomic E-state index is 10.7. The molecule has 2 fully saturated rings. The zero-order valence-corrected chi connectivity index (χ0v) is 16.7. The van der Waals surface area contributed by atoms with E-state index < -0.39 is 6.10 Å². The third kappa shape index (κ3) is 3.87. The van der Waals surface area contributed by atoms with E-state index in [9.17, 15) is 5.11 Å². The second-order valence-electron chi connectivity index (χ2n) is 8.35. The van der Waals surface area contributed by atoms with E-state index in [0.717, 1.165) is 55.3 Å². The first kappa shape index (κ1) is 18.4. The Balaban J connectivity index is 1.40. The summed E-state index contributed by atoms with van der Waals surface area (Å²) in [5.41, 5.74) is 4.20. The van der Waals surface area contributed by atoms with E-state index in [2.05, 4.69) is 21.0 Å². The molecule has 6 nitrogen and oxygen atoms in total. The lowest BCUT2D eigenvalue weighted by atomic mass is 9.78. The van der Waals surface area contributed by atoms with Gasteiger partial charge >= 0.3 is 0 Å². The van der Waals surface area contributed by atoms with Gasteiger partial charge in [0.1, 0.15) is 11.9 Å². The average Bonchev–Trinajstić information content (AvgIpc) is 3.12. The number of hydrogen-bond donors (Lipinski definition) is 1. The minimum Gasteiger partial charge on any atom is -0.486 e. The van der Waals surface area contributed by atoms with Gasteiger partial charge in [-0.2, -0.15) is 5.10 Å². The smallest absolute Gasteiger partial charge is 0.141 e. The van der Waals surface area contributed by atoms with Gasteiger partial charge in [-0.15, -0.1) is 0 Å². The Kier molecular flexibility index (Phi) is 4.95. The van der Waals surface area contributed by atoms with Crippen molar-refractivity contribution in [2.24, 2.45) is 18.9 Å². The molecule has 1 aliphatic heterocycles. The highest BCUT2D eigenvalue weighted by Crippen LogP contribution is 2.38. The van der Waals surface area contributed by atoms with Crippen molar-refractivity contribution >= 4 is 0 Å². The van der Waals surface area contributed by atoms with Crippen LogP contribution in [0.4, 0.5) is 0 Å². The van der Waals surface area contributed by atoms with Gasteiger partial charge in [0.2, 0.25) is 0 Å². The predicted molar refractivity (Wildman–Crippen MR) is 104 cm³/mol. The van der Waals surface area contributed by atoms with Crippen molar-refractivity contribution in [3.63, 3.8) is 0 Å². The van der Waals surface area contributed by atoms with Gasteiger partial charge in [0.25, 0.3) is 0 Å². The van der Waals surface area contributed by atoms with Gasteiger partial charge in [0.05, 0.1) is 23.2 Å². The number of aliphatic hydroxyl groups is 1. The molecule has 0 spiro atoms. The number of aromatic nitrogens is 3. The summed E-state index contributed by atoms with van der Waals surface area (Å²) in [5, 5.41) is 15.1. The molecule has 1 N–H and O–H groups in total. The molecule has 0 bridgehead atoms. The normalized spacial score (nSPS) is 28.3. The maximum Gasteiger partial charge on any atom is 0.141 e. The van der Waals surface area contributed by atoms with Crippen LogP contribution in [0.15, 0.2) is 18.2 Å². The fraction of sp³-hybridized carbons (Fsp3) is 0.619. The van der Waals surface area contributed by atoms with Gasteiger partial charge in [-0.05, 0) is 63.6 Å². The standard InChI is InChI=1S/C21H30N4O2/c1-13-5-6-20(15(3)22-13)27-21-9-17-11-25(10-16(17)8-19(21)26)12-18-7-14(2)23-24(18)4/h5-7,16-17,19,21,26H,8-12H2,1-4H3/t16-,17+,19+,21+/m0/s1. The molecule has 1 saturated heterocycles. The quantitative estimate of drug-likeness (QED) is 0.895. The number of aryl methyl sites for hydroxylation is 4. The summed E-state index contributed by atoms with van der Waals surface area (Å²) in [6, 6.07) is 6.10. The van der Waals surface area contributed by atoms with Crippen LogP contribution < -0.4 is 4.74 Å². The summed E-state index contributed by atoms with van der Waals surface area (Å²) in [6.07, 6.45) is 1.16. The van der Waals surface area contributed by atoms with E-state index in [4.69, 9.17) is 4.74 Å². The highest BCUT2D eigenvalue weighted by Gasteiger charge is 2.42. The molecule has 4 rings (SSSR count). The van der Waals surface area contributed by atoms with Crippen molar-refractivity contribution < 1.29 is 9.84 Å². The number of aliphatic hydroxyl groups excluding tert-OH is 1. The molecule has 3 heterocycles. The Morgan fingerprint density at radius 3 is 2.52 bits per heavy atom. The second-order valence-corrected chi connectivity index (χ2v) is 8.35. The summed E-state index contributed by atoms with van der Waals surface area (Å²) < 4.78 is 8.17. The molecule has 0 unspecified atom stereocenters. The predicted octanol–water partition coefficient (Wildman–Crippen LogP) is 2.39. The molecule has 1 saturated carbocycles. The van der Waals surface area contributed by atoms with Crippen LogP contribution >= 0.6 is 0 Å². The first-order chi connectivity index (χ1) is 12.9. The summed E-state index contributed by atoms with van der Waals surface area (Å²) in [5.74, 6) is 1.92. The summed E-state index contributed by atoms with van der Waals surface area (Å²) >= 11 is 0. The van der Waals surface area contributed by atoms with E-state index in [1.807, 2.05) is 44.6 Å². The highest BCUT2D eigenvalue weighted by molar-refractivity contribution is 5.28. The summed E-state index contributed by atoms with van der Waals surface area (Å²) in [6.45, 7) is 9.01. The van der Waals surface area contributed by atoms with E-state index >= 15 is 0 Å². The number of rotatable bonds is 4. The third-order valence-corrected chi connectivity index (χ3v) is 6.10. The Hall–Kier alpha value is -1.92. The maximum atomic E-state index is 10.7. The van der Waals surface area contributed by atoms with Crippen molar-refractivity contribution in [2.75, 3.05) is 13.1 Å². The number of likely N-dealkylation sites (tertiary alicyclic amines) is 1. The number of pyridine rings is 1. The number of fused-ring (bicyclic) bond motifs is 1. The Bertz CT molecular complexity index is 819. The number of hydrogen-bond acceptors (Lipinski definition) is 5.